The Morgan fingerprint density at radius 2 is 1.89 bits per heavy atom. The van der Waals surface area contributed by atoms with Gasteiger partial charge in [-0.05, 0) is 61.6 Å². The molecule has 1 saturated carbocycles. The highest BCUT2D eigenvalue weighted by Crippen LogP contribution is 2.38. The van der Waals surface area contributed by atoms with Gasteiger partial charge in [-0.25, -0.2) is 4.79 Å². The number of rotatable bonds is 4. The molecule has 3 amide bonds. The smallest absolute Gasteiger partial charge is 0.322 e. The van der Waals surface area contributed by atoms with Crippen LogP contribution in [0, 0.1) is 12.8 Å². The maximum absolute atomic E-state index is 12.8. The summed E-state index contributed by atoms with van der Waals surface area (Å²) in [7, 11) is 1.63. The molecule has 0 spiro atoms. The number of nitrogens with one attached hydrogen (secondary N) is 2. The number of amides is 3. The van der Waals surface area contributed by atoms with Crippen molar-refractivity contribution in [2.24, 2.45) is 5.92 Å². The van der Waals surface area contributed by atoms with Crippen LogP contribution in [0.15, 0.2) is 48.5 Å². The zero-order valence-corrected chi connectivity index (χ0v) is 16.1. The molecule has 2 aromatic rings. The van der Waals surface area contributed by atoms with Crippen LogP contribution in [0.1, 0.15) is 28.8 Å². The molecule has 146 valence electrons. The number of ether oxygens (including phenoxy) is 1. The summed E-state index contributed by atoms with van der Waals surface area (Å²) in [6.07, 6.45) is 1.74. The molecule has 1 aliphatic heterocycles. The van der Waals surface area contributed by atoms with E-state index in [-0.39, 0.29) is 24.0 Å². The van der Waals surface area contributed by atoms with Gasteiger partial charge in [-0.2, -0.15) is 0 Å². The molecule has 2 fully saturated rings. The van der Waals surface area contributed by atoms with Crippen molar-refractivity contribution in [3.05, 3.63) is 59.7 Å². The summed E-state index contributed by atoms with van der Waals surface area (Å²) >= 11 is 0. The van der Waals surface area contributed by atoms with Crippen LogP contribution in [0.4, 0.5) is 10.5 Å². The third-order valence-corrected chi connectivity index (χ3v) is 5.83. The summed E-state index contributed by atoms with van der Waals surface area (Å²) in [5, 5.41) is 6.16. The SMILES string of the molecule is COc1ccc(NC(=O)N2CC3CC2CC3NC(=O)c2ccccc2)c(C)c1. The predicted molar refractivity (Wildman–Crippen MR) is 108 cm³/mol. The molecule has 2 aromatic carbocycles. The molecule has 0 aromatic heterocycles. The standard InChI is InChI=1S/C22H25N3O3/c1-14-10-18(28-2)8-9-19(14)24-22(27)25-13-16-11-17(25)12-20(16)23-21(26)15-6-4-3-5-7-15/h3-10,16-17,20H,11-13H2,1-2H3,(H,23,26)(H,24,27). The summed E-state index contributed by atoms with van der Waals surface area (Å²) < 4.78 is 5.21. The molecule has 6 nitrogen and oxygen atoms in total. The maximum Gasteiger partial charge on any atom is 0.322 e. The van der Waals surface area contributed by atoms with Crippen molar-refractivity contribution in [2.45, 2.75) is 31.8 Å². The first-order chi connectivity index (χ1) is 13.5. The van der Waals surface area contributed by atoms with Gasteiger partial charge in [0, 0.05) is 29.9 Å². The fourth-order valence-corrected chi connectivity index (χ4v) is 4.31. The van der Waals surface area contributed by atoms with E-state index >= 15 is 0 Å². The van der Waals surface area contributed by atoms with Gasteiger partial charge in [0.1, 0.15) is 5.75 Å². The van der Waals surface area contributed by atoms with E-state index in [2.05, 4.69) is 10.6 Å². The second-order valence-corrected chi connectivity index (χ2v) is 7.59. The van der Waals surface area contributed by atoms with Gasteiger partial charge in [-0.15, -0.1) is 0 Å². The topological polar surface area (TPSA) is 70.7 Å². The summed E-state index contributed by atoms with van der Waals surface area (Å²) in [5.41, 5.74) is 2.43. The average Bonchev–Trinajstić information content (AvgIpc) is 3.30. The van der Waals surface area contributed by atoms with Crippen LogP contribution in [-0.4, -0.2) is 42.6 Å². The van der Waals surface area contributed by atoms with Crippen LogP contribution < -0.4 is 15.4 Å². The van der Waals surface area contributed by atoms with Gasteiger partial charge in [0.25, 0.3) is 5.91 Å². The Balaban J connectivity index is 1.35. The number of methoxy groups -OCH3 is 1. The fraction of sp³-hybridized carbons (Fsp3) is 0.364. The Labute approximate surface area is 164 Å². The largest absolute Gasteiger partial charge is 0.497 e. The molecule has 2 bridgehead atoms. The van der Waals surface area contributed by atoms with Crippen LogP contribution in [0.2, 0.25) is 0 Å². The monoisotopic (exact) mass is 379 g/mol. The van der Waals surface area contributed by atoms with Gasteiger partial charge < -0.3 is 20.3 Å². The minimum absolute atomic E-state index is 0.0389. The average molecular weight is 379 g/mol. The van der Waals surface area contributed by atoms with Gasteiger partial charge in [0.2, 0.25) is 0 Å². The molecular formula is C22H25N3O3. The second-order valence-electron chi connectivity index (χ2n) is 7.59. The predicted octanol–water partition coefficient (Wildman–Crippen LogP) is 3.43. The number of piperidine rings is 1. The van der Waals surface area contributed by atoms with Crippen molar-refractivity contribution >= 4 is 17.6 Å². The molecule has 3 atom stereocenters. The van der Waals surface area contributed by atoms with Crippen LogP contribution >= 0.6 is 0 Å². The lowest BCUT2D eigenvalue weighted by atomic mass is 10.0. The van der Waals surface area contributed by atoms with E-state index in [0.29, 0.717) is 18.0 Å². The first-order valence-electron chi connectivity index (χ1n) is 9.63. The number of urea groups is 1. The molecule has 4 rings (SSSR count). The number of fused-ring (bicyclic) bond motifs is 2. The second kappa shape index (κ2) is 7.54. The molecule has 2 N–H and O–H groups in total. The van der Waals surface area contributed by atoms with Crippen molar-refractivity contribution < 1.29 is 14.3 Å². The number of carbonyl (C=O) groups is 2. The zero-order valence-electron chi connectivity index (χ0n) is 16.1. The van der Waals surface area contributed by atoms with Crippen molar-refractivity contribution in [3.8, 4) is 5.75 Å². The van der Waals surface area contributed by atoms with Gasteiger partial charge >= 0.3 is 6.03 Å². The number of benzene rings is 2. The molecule has 2 aliphatic rings. The van der Waals surface area contributed by atoms with E-state index in [1.165, 1.54) is 0 Å². The van der Waals surface area contributed by atoms with Gasteiger partial charge in [-0.1, -0.05) is 18.2 Å². The summed E-state index contributed by atoms with van der Waals surface area (Å²) in [5.74, 6) is 1.04. The number of carbonyl (C=O) groups excluding carboxylic acids is 2. The lowest BCUT2D eigenvalue weighted by Gasteiger charge is -2.32. The third kappa shape index (κ3) is 3.54. The van der Waals surface area contributed by atoms with E-state index in [1.54, 1.807) is 7.11 Å². The molecular weight excluding hydrogens is 354 g/mol. The van der Waals surface area contributed by atoms with Crippen LogP contribution in [0.5, 0.6) is 5.75 Å². The fourth-order valence-electron chi connectivity index (χ4n) is 4.31. The Morgan fingerprint density at radius 3 is 2.54 bits per heavy atom. The highest BCUT2D eigenvalue weighted by molar-refractivity contribution is 5.94. The maximum atomic E-state index is 12.8. The number of hydrogen-bond acceptors (Lipinski definition) is 3. The first kappa shape index (κ1) is 18.3. The molecule has 0 radical (unpaired) electrons. The summed E-state index contributed by atoms with van der Waals surface area (Å²) in [6, 6.07) is 15.1. The zero-order chi connectivity index (χ0) is 19.7. The van der Waals surface area contributed by atoms with E-state index < -0.39 is 0 Å². The molecule has 1 aliphatic carbocycles. The number of anilines is 1. The minimum Gasteiger partial charge on any atom is -0.497 e. The van der Waals surface area contributed by atoms with E-state index in [0.717, 1.165) is 29.8 Å². The van der Waals surface area contributed by atoms with Crippen molar-refractivity contribution in [1.29, 1.82) is 0 Å². The number of hydrogen-bond donors (Lipinski definition) is 2. The lowest BCUT2D eigenvalue weighted by molar-refractivity contribution is 0.0915. The normalized spacial score (nSPS) is 22.8. The highest BCUT2D eigenvalue weighted by atomic mass is 16.5. The Hall–Kier alpha value is -3.02. The van der Waals surface area contributed by atoms with E-state index in [9.17, 15) is 9.59 Å². The van der Waals surface area contributed by atoms with Crippen LogP contribution in [0.3, 0.4) is 0 Å². The van der Waals surface area contributed by atoms with Crippen LogP contribution in [0.25, 0.3) is 0 Å². The molecule has 6 heteroatoms. The summed E-state index contributed by atoms with van der Waals surface area (Å²) in [6.45, 7) is 2.62. The lowest BCUT2D eigenvalue weighted by Crippen LogP contribution is -2.48. The molecule has 3 unspecified atom stereocenters. The molecule has 28 heavy (non-hydrogen) atoms. The third-order valence-electron chi connectivity index (χ3n) is 5.83. The first-order valence-corrected chi connectivity index (χ1v) is 9.63. The Bertz CT molecular complexity index is 884. The quantitative estimate of drug-likeness (QED) is 0.855. The summed E-state index contributed by atoms with van der Waals surface area (Å²) in [4.78, 5) is 27.1. The molecule has 1 saturated heterocycles. The van der Waals surface area contributed by atoms with Gasteiger partial charge in [0.05, 0.1) is 7.11 Å². The van der Waals surface area contributed by atoms with Crippen molar-refractivity contribution in [1.82, 2.24) is 10.2 Å². The van der Waals surface area contributed by atoms with Gasteiger partial charge in [0.15, 0.2) is 0 Å². The van der Waals surface area contributed by atoms with E-state index in [4.69, 9.17) is 4.74 Å². The molecule has 1 heterocycles. The number of nitrogens with zero attached hydrogens (tertiary/aromatic N) is 1. The Kier molecular flexibility index (Phi) is 4.94. The van der Waals surface area contributed by atoms with Crippen molar-refractivity contribution in [3.63, 3.8) is 0 Å². The van der Waals surface area contributed by atoms with Crippen molar-refractivity contribution in [2.75, 3.05) is 19.0 Å². The number of aryl methyl sites for hydroxylation is 1. The Morgan fingerprint density at radius 1 is 1.11 bits per heavy atom. The number of likely N-dealkylation sites (tertiary alicyclic amines) is 1. The van der Waals surface area contributed by atoms with Crippen LogP contribution in [-0.2, 0) is 0 Å². The van der Waals surface area contributed by atoms with Gasteiger partial charge in [-0.3, -0.25) is 4.79 Å². The van der Waals surface area contributed by atoms with E-state index in [1.807, 2.05) is 60.4 Å². The minimum atomic E-state index is -0.0754. The highest BCUT2D eigenvalue weighted by Gasteiger charge is 2.47.